The third-order valence-corrected chi connectivity index (χ3v) is 3.41. The second kappa shape index (κ2) is 10.3. The molecule has 0 saturated heterocycles. The molecular formula is C17H19IN2O2S. The van der Waals surface area contributed by atoms with Crippen LogP contribution < -0.4 is 10.1 Å². The van der Waals surface area contributed by atoms with Crippen molar-refractivity contribution in [3.05, 3.63) is 60.2 Å². The molecule has 1 N–H and O–H groups in total. The molecule has 0 spiro atoms. The molecule has 0 heterocycles. The summed E-state index contributed by atoms with van der Waals surface area (Å²) in [6.07, 6.45) is 1.87. The van der Waals surface area contributed by atoms with E-state index in [-0.39, 0.29) is 29.9 Å². The van der Waals surface area contributed by atoms with Gasteiger partial charge in [0, 0.05) is 5.56 Å². The highest BCUT2D eigenvalue weighted by atomic mass is 127. The Kier molecular flexibility index (Phi) is 8.71. The number of nitrogens with zero attached hydrogens (tertiary/aromatic N) is 1. The van der Waals surface area contributed by atoms with Crippen molar-refractivity contribution < 1.29 is 9.53 Å². The molecule has 0 unspecified atom stereocenters. The Labute approximate surface area is 157 Å². The van der Waals surface area contributed by atoms with Crippen molar-refractivity contribution in [3.63, 3.8) is 0 Å². The molecule has 1 amide bonds. The maximum atomic E-state index is 12.1. The largest absolute Gasteiger partial charge is 0.494 e. The number of nitrogens with one attached hydrogen (secondary N) is 1. The Balaban J connectivity index is 0.00000264. The molecule has 122 valence electrons. The number of benzene rings is 2. The number of thioether (sulfide) groups is 1. The number of amides is 1. The van der Waals surface area contributed by atoms with Gasteiger partial charge >= 0.3 is 0 Å². The molecular weight excluding hydrogens is 423 g/mol. The quantitative estimate of drug-likeness (QED) is 0.432. The Morgan fingerprint density at radius 2 is 1.78 bits per heavy atom. The average Bonchev–Trinajstić information content (AvgIpc) is 2.57. The van der Waals surface area contributed by atoms with E-state index < -0.39 is 0 Å². The van der Waals surface area contributed by atoms with Gasteiger partial charge in [0.25, 0.3) is 5.91 Å². The van der Waals surface area contributed by atoms with Crippen molar-refractivity contribution in [1.82, 2.24) is 5.32 Å². The lowest BCUT2D eigenvalue weighted by Crippen LogP contribution is -2.27. The molecule has 0 fully saturated rings. The molecule has 23 heavy (non-hydrogen) atoms. The van der Waals surface area contributed by atoms with Gasteiger partial charge in [-0.3, -0.25) is 4.79 Å². The summed E-state index contributed by atoms with van der Waals surface area (Å²) in [5.41, 5.74) is 1.37. The highest BCUT2D eigenvalue weighted by molar-refractivity contribution is 14.0. The molecule has 2 rings (SSSR count). The number of aliphatic imine (C=N–C) groups is 1. The number of amidine groups is 1. The molecule has 0 aliphatic rings. The first-order valence-corrected chi connectivity index (χ1v) is 8.17. The SMILES string of the molecule is CCOc1ccc(N=C(NC(=O)c2ccccc2)SC)cc1.I. The zero-order valence-corrected chi connectivity index (χ0v) is 16.1. The normalized spacial score (nSPS) is 10.6. The van der Waals surface area contributed by atoms with Gasteiger partial charge in [-0.05, 0) is 49.6 Å². The molecule has 2 aromatic carbocycles. The van der Waals surface area contributed by atoms with Crippen molar-refractivity contribution in [2.75, 3.05) is 12.9 Å². The van der Waals surface area contributed by atoms with Gasteiger partial charge in [-0.2, -0.15) is 0 Å². The van der Waals surface area contributed by atoms with Gasteiger partial charge in [0.2, 0.25) is 0 Å². The summed E-state index contributed by atoms with van der Waals surface area (Å²) < 4.78 is 5.39. The molecule has 6 heteroatoms. The van der Waals surface area contributed by atoms with Gasteiger partial charge in [-0.25, -0.2) is 4.99 Å². The van der Waals surface area contributed by atoms with Crippen LogP contribution in [0, 0.1) is 0 Å². The molecule has 0 saturated carbocycles. The second-order valence-corrected chi connectivity index (χ2v) is 5.16. The van der Waals surface area contributed by atoms with Crippen LogP contribution in [-0.2, 0) is 0 Å². The van der Waals surface area contributed by atoms with E-state index in [4.69, 9.17) is 4.74 Å². The molecule has 0 aliphatic carbocycles. The molecule has 0 aromatic heterocycles. The van der Waals surface area contributed by atoms with E-state index in [1.165, 1.54) is 11.8 Å². The molecule has 0 radical (unpaired) electrons. The minimum Gasteiger partial charge on any atom is -0.494 e. The Morgan fingerprint density at radius 3 is 2.35 bits per heavy atom. The lowest BCUT2D eigenvalue weighted by molar-refractivity contribution is 0.0978. The monoisotopic (exact) mass is 442 g/mol. The van der Waals surface area contributed by atoms with Crippen LogP contribution in [0.4, 0.5) is 5.69 Å². The van der Waals surface area contributed by atoms with Gasteiger partial charge in [0.05, 0.1) is 12.3 Å². The van der Waals surface area contributed by atoms with Gasteiger partial charge in [-0.1, -0.05) is 30.0 Å². The third kappa shape index (κ3) is 6.23. The second-order valence-electron chi connectivity index (χ2n) is 4.37. The first kappa shape index (κ1) is 19.5. The zero-order chi connectivity index (χ0) is 15.8. The van der Waals surface area contributed by atoms with Crippen LogP contribution in [0.2, 0.25) is 0 Å². The fourth-order valence-corrected chi connectivity index (χ4v) is 2.18. The first-order chi connectivity index (χ1) is 10.7. The molecule has 4 nitrogen and oxygen atoms in total. The van der Waals surface area contributed by atoms with E-state index >= 15 is 0 Å². The minimum absolute atomic E-state index is 0. The summed E-state index contributed by atoms with van der Waals surface area (Å²) in [6.45, 7) is 2.57. The van der Waals surface area contributed by atoms with Gasteiger partial charge in [-0.15, -0.1) is 24.0 Å². The summed E-state index contributed by atoms with van der Waals surface area (Å²) >= 11 is 1.39. The predicted octanol–water partition coefficient (Wildman–Crippen LogP) is 4.48. The summed E-state index contributed by atoms with van der Waals surface area (Å²) in [5.74, 6) is 0.639. The molecule has 2 aromatic rings. The minimum atomic E-state index is -0.167. The smallest absolute Gasteiger partial charge is 0.257 e. The standard InChI is InChI=1S/C17H18N2O2S.HI/c1-3-21-15-11-9-14(10-12-15)18-17(22-2)19-16(20)13-7-5-4-6-8-13;/h4-12H,3H2,1-2H3,(H,18,19,20);1H. The number of carbonyl (C=O) groups is 1. The zero-order valence-electron chi connectivity index (χ0n) is 13.0. The van der Waals surface area contributed by atoms with Crippen LogP contribution in [0.5, 0.6) is 5.75 Å². The van der Waals surface area contributed by atoms with Crippen LogP contribution in [0.1, 0.15) is 17.3 Å². The van der Waals surface area contributed by atoms with Crippen LogP contribution in [0.3, 0.4) is 0 Å². The summed E-state index contributed by atoms with van der Waals surface area (Å²) in [5, 5.41) is 3.37. The lowest BCUT2D eigenvalue weighted by atomic mass is 10.2. The third-order valence-electron chi connectivity index (χ3n) is 2.83. The van der Waals surface area contributed by atoms with E-state index in [9.17, 15) is 4.79 Å². The lowest BCUT2D eigenvalue weighted by Gasteiger charge is -2.07. The molecule has 0 aliphatic heterocycles. The highest BCUT2D eigenvalue weighted by Gasteiger charge is 2.07. The summed E-state index contributed by atoms with van der Waals surface area (Å²) in [6, 6.07) is 16.5. The Morgan fingerprint density at radius 1 is 1.13 bits per heavy atom. The van der Waals surface area contributed by atoms with Crippen molar-refractivity contribution in [2.24, 2.45) is 4.99 Å². The number of ether oxygens (including phenoxy) is 1. The highest BCUT2D eigenvalue weighted by Crippen LogP contribution is 2.19. The summed E-state index contributed by atoms with van der Waals surface area (Å²) in [7, 11) is 0. The van der Waals surface area contributed by atoms with E-state index in [0.29, 0.717) is 17.3 Å². The van der Waals surface area contributed by atoms with E-state index in [0.717, 1.165) is 11.4 Å². The van der Waals surface area contributed by atoms with Gasteiger partial charge in [0.1, 0.15) is 5.75 Å². The topological polar surface area (TPSA) is 50.7 Å². The number of halogens is 1. The predicted molar refractivity (Wildman–Crippen MR) is 108 cm³/mol. The maximum absolute atomic E-state index is 12.1. The fourth-order valence-electron chi connectivity index (χ4n) is 1.78. The Hall–Kier alpha value is -1.54. The van der Waals surface area contributed by atoms with Crippen molar-refractivity contribution in [3.8, 4) is 5.75 Å². The summed E-state index contributed by atoms with van der Waals surface area (Å²) in [4.78, 5) is 16.6. The van der Waals surface area contributed by atoms with Gasteiger partial charge in [0.15, 0.2) is 5.17 Å². The van der Waals surface area contributed by atoms with Crippen LogP contribution >= 0.6 is 35.7 Å². The van der Waals surface area contributed by atoms with E-state index in [1.54, 1.807) is 12.1 Å². The van der Waals surface area contributed by atoms with E-state index in [1.807, 2.05) is 55.6 Å². The molecule has 0 atom stereocenters. The fraction of sp³-hybridized carbons (Fsp3) is 0.176. The number of carbonyl (C=O) groups excluding carboxylic acids is 1. The van der Waals surface area contributed by atoms with Crippen LogP contribution in [0.15, 0.2) is 59.6 Å². The average molecular weight is 442 g/mol. The molecule has 0 bridgehead atoms. The number of hydrogen-bond donors (Lipinski definition) is 1. The van der Waals surface area contributed by atoms with Gasteiger partial charge < -0.3 is 10.1 Å². The van der Waals surface area contributed by atoms with Crippen molar-refractivity contribution in [1.29, 1.82) is 0 Å². The number of rotatable bonds is 4. The van der Waals surface area contributed by atoms with E-state index in [2.05, 4.69) is 10.3 Å². The van der Waals surface area contributed by atoms with Crippen molar-refractivity contribution in [2.45, 2.75) is 6.92 Å². The Bertz CT molecular complexity index is 645. The number of hydrogen-bond acceptors (Lipinski definition) is 4. The van der Waals surface area contributed by atoms with Crippen molar-refractivity contribution >= 4 is 52.5 Å². The van der Waals surface area contributed by atoms with Crippen LogP contribution in [-0.4, -0.2) is 23.9 Å². The first-order valence-electron chi connectivity index (χ1n) is 6.95. The maximum Gasteiger partial charge on any atom is 0.257 e. The van der Waals surface area contributed by atoms with Crippen LogP contribution in [0.25, 0.3) is 0 Å².